The van der Waals surface area contributed by atoms with Gasteiger partial charge in [0.25, 0.3) is 0 Å². The van der Waals surface area contributed by atoms with Gasteiger partial charge in [0.2, 0.25) is 5.91 Å². The quantitative estimate of drug-likeness (QED) is 0.756. The minimum atomic E-state index is 0.319. The van der Waals surface area contributed by atoms with Gasteiger partial charge in [-0.2, -0.15) is 0 Å². The molecule has 2 rings (SSSR count). The Balaban J connectivity index is 1.70. The Labute approximate surface area is 134 Å². The molecule has 1 fully saturated rings. The highest BCUT2D eigenvalue weighted by molar-refractivity contribution is 5.76. The molecule has 1 aliphatic rings. The summed E-state index contributed by atoms with van der Waals surface area (Å²) in [7, 11) is 0. The normalized spacial score (nSPS) is 16.0. The van der Waals surface area contributed by atoms with Crippen LogP contribution in [-0.4, -0.2) is 29.0 Å². The van der Waals surface area contributed by atoms with E-state index in [0.717, 1.165) is 32.4 Å². The summed E-state index contributed by atoms with van der Waals surface area (Å²) in [6.07, 6.45) is 8.80. The molecule has 122 valence electrons. The number of phenolic OH excluding ortho intramolecular Hbond substituents is 1. The first kappa shape index (κ1) is 16.9. The van der Waals surface area contributed by atoms with Crippen LogP contribution in [0.5, 0.6) is 5.75 Å². The van der Waals surface area contributed by atoms with Crippen LogP contribution in [0, 0.1) is 0 Å². The van der Waals surface area contributed by atoms with E-state index < -0.39 is 0 Å². The van der Waals surface area contributed by atoms with Gasteiger partial charge in [-0.05, 0) is 42.9 Å². The lowest BCUT2D eigenvalue weighted by molar-refractivity contribution is -0.132. The van der Waals surface area contributed by atoms with Crippen molar-refractivity contribution in [2.45, 2.75) is 64.2 Å². The number of unbranched alkanes of at least 4 members (excludes halogenated alkanes) is 4. The number of likely N-dealkylation sites (tertiary alicyclic amines) is 1. The molecule has 0 aliphatic carbocycles. The second-order valence-corrected chi connectivity index (χ2v) is 6.41. The number of piperidine rings is 1. The minimum Gasteiger partial charge on any atom is -0.508 e. The van der Waals surface area contributed by atoms with Crippen LogP contribution in [0.4, 0.5) is 0 Å². The number of hydrogen-bond acceptors (Lipinski definition) is 2. The molecule has 0 bridgehead atoms. The van der Waals surface area contributed by atoms with E-state index in [-0.39, 0.29) is 0 Å². The van der Waals surface area contributed by atoms with Crippen LogP contribution in [0.25, 0.3) is 0 Å². The fourth-order valence-corrected chi connectivity index (χ4v) is 3.25. The van der Waals surface area contributed by atoms with E-state index in [0.29, 0.717) is 24.0 Å². The van der Waals surface area contributed by atoms with Gasteiger partial charge in [-0.1, -0.05) is 44.7 Å². The van der Waals surface area contributed by atoms with Gasteiger partial charge in [-0.25, -0.2) is 0 Å². The van der Waals surface area contributed by atoms with Gasteiger partial charge in [0, 0.05) is 19.5 Å². The highest BCUT2D eigenvalue weighted by Gasteiger charge is 2.23. The lowest BCUT2D eigenvalue weighted by atomic mass is 9.89. The van der Waals surface area contributed by atoms with Crippen molar-refractivity contribution in [3.05, 3.63) is 29.8 Å². The number of amides is 1. The number of benzene rings is 1. The van der Waals surface area contributed by atoms with Gasteiger partial charge in [-0.15, -0.1) is 0 Å². The molecule has 0 aromatic heterocycles. The van der Waals surface area contributed by atoms with Crippen molar-refractivity contribution in [3.8, 4) is 5.75 Å². The molecule has 3 heteroatoms. The zero-order chi connectivity index (χ0) is 15.8. The number of carbonyl (C=O) groups is 1. The van der Waals surface area contributed by atoms with E-state index in [9.17, 15) is 9.90 Å². The number of hydrogen-bond donors (Lipinski definition) is 1. The minimum absolute atomic E-state index is 0.319. The summed E-state index contributed by atoms with van der Waals surface area (Å²) in [6, 6.07) is 7.52. The first-order valence-corrected chi connectivity index (χ1v) is 8.77. The molecule has 0 unspecified atom stereocenters. The standard InChI is InChI=1S/C19H29NO2/c1-2-3-4-5-6-7-19(22)20-14-12-17(13-15-20)16-8-10-18(21)11-9-16/h8-11,17,21H,2-7,12-15H2,1H3. The molecule has 0 saturated carbocycles. The lowest BCUT2D eigenvalue weighted by Gasteiger charge is -2.32. The van der Waals surface area contributed by atoms with Gasteiger partial charge >= 0.3 is 0 Å². The molecule has 22 heavy (non-hydrogen) atoms. The molecule has 0 radical (unpaired) electrons. The van der Waals surface area contributed by atoms with E-state index in [1.165, 1.54) is 31.2 Å². The average Bonchev–Trinajstić information content (AvgIpc) is 2.55. The Morgan fingerprint density at radius 1 is 1.09 bits per heavy atom. The highest BCUT2D eigenvalue weighted by atomic mass is 16.3. The maximum Gasteiger partial charge on any atom is 0.222 e. The van der Waals surface area contributed by atoms with E-state index in [4.69, 9.17) is 0 Å². The zero-order valence-corrected chi connectivity index (χ0v) is 13.8. The number of rotatable bonds is 7. The third-order valence-corrected chi connectivity index (χ3v) is 4.71. The summed E-state index contributed by atoms with van der Waals surface area (Å²) in [5.74, 6) is 1.18. The van der Waals surface area contributed by atoms with Gasteiger partial charge in [0.05, 0.1) is 0 Å². The third-order valence-electron chi connectivity index (χ3n) is 4.71. The van der Waals surface area contributed by atoms with Crippen molar-refractivity contribution in [1.29, 1.82) is 0 Å². The molecular formula is C19H29NO2. The van der Waals surface area contributed by atoms with E-state index in [1.807, 2.05) is 17.0 Å². The van der Waals surface area contributed by atoms with E-state index in [1.54, 1.807) is 12.1 Å². The van der Waals surface area contributed by atoms with Crippen LogP contribution < -0.4 is 0 Å². The van der Waals surface area contributed by atoms with Crippen LogP contribution in [0.2, 0.25) is 0 Å². The van der Waals surface area contributed by atoms with Gasteiger partial charge in [-0.3, -0.25) is 4.79 Å². The van der Waals surface area contributed by atoms with Gasteiger partial charge in [0.15, 0.2) is 0 Å². The molecule has 1 aromatic carbocycles. The summed E-state index contributed by atoms with van der Waals surface area (Å²) in [5.41, 5.74) is 1.28. The predicted octanol–water partition coefficient (Wildman–Crippen LogP) is 4.46. The van der Waals surface area contributed by atoms with Crippen LogP contribution in [0.15, 0.2) is 24.3 Å². The summed E-state index contributed by atoms with van der Waals surface area (Å²) in [6.45, 7) is 3.96. The Kier molecular flexibility index (Phi) is 6.75. The topological polar surface area (TPSA) is 40.5 Å². The van der Waals surface area contributed by atoms with E-state index in [2.05, 4.69) is 6.92 Å². The van der Waals surface area contributed by atoms with Crippen LogP contribution in [0.3, 0.4) is 0 Å². The lowest BCUT2D eigenvalue weighted by Crippen LogP contribution is -2.37. The summed E-state index contributed by atoms with van der Waals surface area (Å²) in [5, 5.41) is 9.35. The van der Waals surface area contributed by atoms with Gasteiger partial charge in [0.1, 0.15) is 5.75 Å². The van der Waals surface area contributed by atoms with Crippen molar-refractivity contribution in [1.82, 2.24) is 4.90 Å². The van der Waals surface area contributed by atoms with Crippen molar-refractivity contribution in [2.75, 3.05) is 13.1 Å². The summed E-state index contributed by atoms with van der Waals surface area (Å²) < 4.78 is 0. The average molecular weight is 303 g/mol. The number of phenols is 1. The molecule has 0 atom stereocenters. The van der Waals surface area contributed by atoms with Gasteiger partial charge < -0.3 is 10.0 Å². The number of carbonyl (C=O) groups excluding carboxylic acids is 1. The van der Waals surface area contributed by atoms with Crippen LogP contribution in [-0.2, 0) is 4.79 Å². The molecule has 1 aromatic rings. The van der Waals surface area contributed by atoms with Crippen LogP contribution >= 0.6 is 0 Å². The smallest absolute Gasteiger partial charge is 0.222 e. The van der Waals surface area contributed by atoms with Crippen LogP contribution in [0.1, 0.15) is 69.8 Å². The number of nitrogens with zero attached hydrogens (tertiary/aromatic N) is 1. The van der Waals surface area contributed by atoms with E-state index >= 15 is 0 Å². The zero-order valence-electron chi connectivity index (χ0n) is 13.8. The molecular weight excluding hydrogens is 274 g/mol. The summed E-state index contributed by atoms with van der Waals surface area (Å²) in [4.78, 5) is 14.2. The summed E-state index contributed by atoms with van der Waals surface area (Å²) >= 11 is 0. The monoisotopic (exact) mass is 303 g/mol. The number of aromatic hydroxyl groups is 1. The second-order valence-electron chi connectivity index (χ2n) is 6.41. The molecule has 1 heterocycles. The third kappa shape index (κ3) is 5.04. The molecule has 1 amide bonds. The van der Waals surface area contributed by atoms with Crippen molar-refractivity contribution in [3.63, 3.8) is 0 Å². The molecule has 1 N–H and O–H groups in total. The second kappa shape index (κ2) is 8.82. The largest absolute Gasteiger partial charge is 0.508 e. The molecule has 0 spiro atoms. The maximum absolute atomic E-state index is 12.2. The first-order valence-electron chi connectivity index (χ1n) is 8.77. The highest BCUT2D eigenvalue weighted by Crippen LogP contribution is 2.29. The van der Waals surface area contributed by atoms with Crippen molar-refractivity contribution >= 4 is 5.91 Å². The first-order chi connectivity index (χ1) is 10.7. The van der Waals surface area contributed by atoms with Crippen molar-refractivity contribution in [2.24, 2.45) is 0 Å². The predicted molar refractivity (Wildman–Crippen MR) is 90.0 cm³/mol. The molecule has 1 aliphatic heterocycles. The molecule has 1 saturated heterocycles. The Bertz CT molecular complexity index is 447. The fraction of sp³-hybridized carbons (Fsp3) is 0.632. The van der Waals surface area contributed by atoms with Crippen molar-refractivity contribution < 1.29 is 9.90 Å². The maximum atomic E-state index is 12.2. The Morgan fingerprint density at radius 2 is 1.73 bits per heavy atom. The Hall–Kier alpha value is -1.51. The Morgan fingerprint density at radius 3 is 2.36 bits per heavy atom. The molecule has 3 nitrogen and oxygen atoms in total. The SMILES string of the molecule is CCCCCCCC(=O)N1CCC(c2ccc(O)cc2)CC1. The fourth-order valence-electron chi connectivity index (χ4n) is 3.25.